The number of amides is 1. The molecule has 1 aromatic rings. The number of benzene rings is 1. The number of halogens is 2. The molecule has 1 aromatic carbocycles. The number of carbonyl (C=O) groups is 2. The molecule has 0 aliphatic heterocycles. The zero-order chi connectivity index (χ0) is 13.7. The zero-order valence-corrected chi connectivity index (χ0v) is 11.5. The van der Waals surface area contributed by atoms with Crippen LogP contribution in [0.25, 0.3) is 0 Å². The van der Waals surface area contributed by atoms with Gasteiger partial charge in [0.1, 0.15) is 0 Å². The molecule has 0 fully saturated rings. The minimum atomic E-state index is -0.924. The molecule has 0 saturated carbocycles. The molecule has 0 aliphatic rings. The van der Waals surface area contributed by atoms with Crippen molar-refractivity contribution >= 4 is 35.1 Å². The minimum absolute atomic E-state index is 0.263. The van der Waals surface area contributed by atoms with Gasteiger partial charge in [0.2, 0.25) is 5.91 Å². The van der Waals surface area contributed by atoms with Gasteiger partial charge in [-0.2, -0.15) is 0 Å². The molecule has 1 rings (SSSR count). The average Bonchev–Trinajstić information content (AvgIpc) is 2.35. The van der Waals surface area contributed by atoms with Crippen molar-refractivity contribution in [3.8, 4) is 0 Å². The molecule has 18 heavy (non-hydrogen) atoms. The van der Waals surface area contributed by atoms with Gasteiger partial charge in [0, 0.05) is 22.0 Å². The summed E-state index contributed by atoms with van der Waals surface area (Å²) in [5, 5.41) is 3.31. The molecule has 98 valence electrons. The summed E-state index contributed by atoms with van der Waals surface area (Å²) in [7, 11) is 1.25. The van der Waals surface area contributed by atoms with Crippen LogP contribution < -0.4 is 5.32 Å². The van der Waals surface area contributed by atoms with Gasteiger partial charge in [0.05, 0.1) is 7.11 Å². The molecule has 1 N–H and O–H groups in total. The fraction of sp³-hybridized carbons (Fsp3) is 0.333. The number of hydrogen-bond acceptors (Lipinski definition) is 3. The lowest BCUT2D eigenvalue weighted by Gasteiger charge is -2.17. The van der Waals surface area contributed by atoms with E-state index in [1.807, 2.05) is 0 Å². The molecule has 0 saturated heterocycles. The van der Waals surface area contributed by atoms with Crippen molar-refractivity contribution in [2.75, 3.05) is 7.11 Å². The highest BCUT2D eigenvalue weighted by Crippen LogP contribution is 2.27. The van der Waals surface area contributed by atoms with Crippen LogP contribution in [0.2, 0.25) is 10.0 Å². The molecule has 1 atom stereocenters. The number of hydrogen-bond donors (Lipinski definition) is 1. The van der Waals surface area contributed by atoms with Crippen LogP contribution in [0, 0.1) is 0 Å². The first-order valence-corrected chi connectivity index (χ1v) is 6.07. The van der Waals surface area contributed by atoms with Gasteiger partial charge < -0.3 is 10.1 Å². The Labute approximate surface area is 115 Å². The highest BCUT2D eigenvalue weighted by Gasteiger charge is 2.25. The normalized spacial score (nSPS) is 11.8. The highest BCUT2D eigenvalue weighted by atomic mass is 35.5. The first kappa shape index (κ1) is 14.8. The Hall–Kier alpha value is -1.26. The maximum Gasteiger partial charge on any atom is 0.333 e. The van der Waals surface area contributed by atoms with Crippen LogP contribution in [-0.2, 0) is 14.3 Å². The third-order valence-corrected chi connectivity index (χ3v) is 2.90. The Bertz CT molecular complexity index is 463. The summed E-state index contributed by atoms with van der Waals surface area (Å²) < 4.78 is 4.65. The lowest BCUT2D eigenvalue weighted by molar-refractivity contribution is -0.145. The fourth-order valence-electron chi connectivity index (χ4n) is 1.38. The second kappa shape index (κ2) is 6.61. The quantitative estimate of drug-likeness (QED) is 0.867. The van der Waals surface area contributed by atoms with Crippen molar-refractivity contribution in [1.29, 1.82) is 0 Å². The highest BCUT2D eigenvalue weighted by molar-refractivity contribution is 6.35. The van der Waals surface area contributed by atoms with Gasteiger partial charge in [-0.25, -0.2) is 4.79 Å². The summed E-state index contributed by atoms with van der Waals surface area (Å²) in [6.45, 7) is 1.69. The third-order valence-electron chi connectivity index (χ3n) is 2.34. The molecule has 0 spiro atoms. The van der Waals surface area contributed by atoms with E-state index >= 15 is 0 Å². The summed E-state index contributed by atoms with van der Waals surface area (Å²) in [6, 6.07) is 3.76. The van der Waals surface area contributed by atoms with Crippen molar-refractivity contribution in [3.05, 3.63) is 33.8 Å². The van der Waals surface area contributed by atoms with E-state index in [-0.39, 0.29) is 12.3 Å². The second-order valence-electron chi connectivity index (χ2n) is 3.54. The number of nitrogens with one attached hydrogen (secondary N) is 1. The smallest absolute Gasteiger partial charge is 0.333 e. The standard InChI is InChI=1S/C12H13Cl2NO3/c1-3-10(16)15-11(12(17)18-2)8-5-4-7(13)6-9(8)14/h4-6,11H,3H2,1-2H3,(H,15,16)/t11-/m0/s1. The molecule has 0 aliphatic carbocycles. The zero-order valence-electron chi connectivity index (χ0n) is 10.00. The summed E-state index contributed by atoms with van der Waals surface area (Å²) in [6.07, 6.45) is 0.263. The molecule has 6 heteroatoms. The Morgan fingerprint density at radius 2 is 2.06 bits per heavy atom. The molecular weight excluding hydrogens is 277 g/mol. The maximum absolute atomic E-state index is 11.7. The van der Waals surface area contributed by atoms with Gasteiger partial charge in [-0.1, -0.05) is 36.2 Å². The summed E-state index contributed by atoms with van der Waals surface area (Å²) in [5.41, 5.74) is 0.453. The summed E-state index contributed by atoms with van der Waals surface area (Å²) in [5.74, 6) is -0.850. The number of methoxy groups -OCH3 is 1. The topological polar surface area (TPSA) is 55.4 Å². The lowest BCUT2D eigenvalue weighted by Crippen LogP contribution is -2.34. The predicted molar refractivity (Wildman–Crippen MR) is 69.7 cm³/mol. The molecule has 0 radical (unpaired) electrons. The summed E-state index contributed by atoms with van der Waals surface area (Å²) in [4.78, 5) is 23.1. The van der Waals surface area contributed by atoms with Gasteiger partial charge in [-0.15, -0.1) is 0 Å². The number of ether oxygens (including phenoxy) is 1. The van der Waals surface area contributed by atoms with Crippen LogP contribution in [0.1, 0.15) is 24.9 Å². The van der Waals surface area contributed by atoms with E-state index in [0.717, 1.165) is 0 Å². The Kier molecular flexibility index (Phi) is 5.44. The van der Waals surface area contributed by atoms with E-state index in [1.54, 1.807) is 19.1 Å². The second-order valence-corrected chi connectivity index (χ2v) is 4.39. The van der Waals surface area contributed by atoms with E-state index in [4.69, 9.17) is 23.2 Å². The SMILES string of the molecule is CCC(=O)N[C@H](C(=O)OC)c1ccc(Cl)cc1Cl. The summed E-state index contributed by atoms with van der Waals surface area (Å²) >= 11 is 11.8. The molecular formula is C12H13Cl2NO3. The largest absolute Gasteiger partial charge is 0.467 e. The number of rotatable bonds is 4. The first-order valence-electron chi connectivity index (χ1n) is 5.31. The van der Waals surface area contributed by atoms with Gasteiger partial charge in [-0.3, -0.25) is 4.79 Å². The number of carbonyl (C=O) groups excluding carboxylic acids is 2. The third kappa shape index (κ3) is 3.62. The Morgan fingerprint density at radius 3 is 2.56 bits per heavy atom. The molecule has 0 unspecified atom stereocenters. The van der Waals surface area contributed by atoms with Crippen molar-refractivity contribution in [3.63, 3.8) is 0 Å². The van der Waals surface area contributed by atoms with Crippen molar-refractivity contribution in [2.24, 2.45) is 0 Å². The van der Waals surface area contributed by atoms with Crippen molar-refractivity contribution in [2.45, 2.75) is 19.4 Å². The van der Waals surface area contributed by atoms with E-state index in [9.17, 15) is 9.59 Å². The molecule has 0 bridgehead atoms. The van der Waals surface area contributed by atoms with Crippen LogP contribution in [0.4, 0.5) is 0 Å². The van der Waals surface area contributed by atoms with E-state index in [0.29, 0.717) is 15.6 Å². The van der Waals surface area contributed by atoms with Gasteiger partial charge in [0.15, 0.2) is 6.04 Å². The van der Waals surface area contributed by atoms with Crippen LogP contribution in [0.5, 0.6) is 0 Å². The van der Waals surface area contributed by atoms with Crippen molar-refractivity contribution in [1.82, 2.24) is 5.32 Å². The predicted octanol–water partition coefficient (Wildman–Crippen LogP) is 2.73. The van der Waals surface area contributed by atoms with Crippen LogP contribution >= 0.6 is 23.2 Å². The van der Waals surface area contributed by atoms with Gasteiger partial charge in [-0.05, 0) is 12.1 Å². The van der Waals surface area contributed by atoms with E-state index in [1.165, 1.54) is 13.2 Å². The molecule has 0 aromatic heterocycles. The lowest BCUT2D eigenvalue weighted by atomic mass is 10.1. The monoisotopic (exact) mass is 289 g/mol. The van der Waals surface area contributed by atoms with Crippen LogP contribution in [0.15, 0.2) is 18.2 Å². The number of esters is 1. The van der Waals surface area contributed by atoms with Gasteiger partial charge in [0.25, 0.3) is 0 Å². The van der Waals surface area contributed by atoms with Crippen LogP contribution in [-0.4, -0.2) is 19.0 Å². The van der Waals surface area contributed by atoms with Crippen LogP contribution in [0.3, 0.4) is 0 Å². The Morgan fingerprint density at radius 1 is 1.39 bits per heavy atom. The van der Waals surface area contributed by atoms with E-state index < -0.39 is 12.0 Å². The van der Waals surface area contributed by atoms with Crippen molar-refractivity contribution < 1.29 is 14.3 Å². The molecule has 0 heterocycles. The molecule has 4 nitrogen and oxygen atoms in total. The maximum atomic E-state index is 11.7. The molecule has 1 amide bonds. The average molecular weight is 290 g/mol. The van der Waals surface area contributed by atoms with E-state index in [2.05, 4.69) is 10.1 Å². The Balaban J connectivity index is 3.09. The van der Waals surface area contributed by atoms with Gasteiger partial charge >= 0.3 is 5.97 Å². The minimum Gasteiger partial charge on any atom is -0.467 e. The fourth-order valence-corrected chi connectivity index (χ4v) is 1.90. The first-order chi connectivity index (χ1) is 8.49.